The largest absolute Gasteiger partial charge is 0.338 e. The van der Waals surface area contributed by atoms with Crippen molar-refractivity contribution in [2.45, 2.75) is 52.1 Å². The molecule has 0 saturated heterocycles. The summed E-state index contributed by atoms with van der Waals surface area (Å²) in [4.78, 5) is 13.9. The van der Waals surface area contributed by atoms with E-state index in [9.17, 15) is 4.79 Å². The van der Waals surface area contributed by atoms with E-state index in [1.807, 2.05) is 17.0 Å². The predicted octanol–water partition coefficient (Wildman–Crippen LogP) is 3.07. The summed E-state index contributed by atoms with van der Waals surface area (Å²) in [7, 11) is 0. The lowest BCUT2D eigenvalue weighted by atomic mass is 9.89. The molecule has 110 valence electrons. The van der Waals surface area contributed by atoms with Crippen molar-refractivity contribution in [3.63, 3.8) is 0 Å². The number of benzene rings is 1. The molecular formula is C17H26N2O. The van der Waals surface area contributed by atoms with Crippen LogP contribution < -0.4 is 5.73 Å². The lowest BCUT2D eigenvalue weighted by Gasteiger charge is -2.29. The molecule has 0 unspecified atom stereocenters. The first-order valence-electron chi connectivity index (χ1n) is 7.72. The van der Waals surface area contributed by atoms with Gasteiger partial charge in [0.05, 0.1) is 0 Å². The zero-order valence-electron chi connectivity index (χ0n) is 12.5. The molecule has 3 heteroatoms. The van der Waals surface area contributed by atoms with Crippen LogP contribution in [-0.4, -0.2) is 17.4 Å². The molecule has 3 nitrogen and oxygen atoms in total. The first-order chi connectivity index (χ1) is 9.69. The van der Waals surface area contributed by atoms with E-state index in [2.05, 4.69) is 12.1 Å². The highest BCUT2D eigenvalue weighted by Crippen LogP contribution is 2.25. The molecule has 2 N–H and O–H groups in total. The zero-order chi connectivity index (χ0) is 14.4. The Balaban J connectivity index is 1.98. The molecule has 1 aromatic rings. The lowest BCUT2D eigenvalue weighted by molar-refractivity contribution is -0.130. The third-order valence-corrected chi connectivity index (χ3v) is 4.25. The summed E-state index contributed by atoms with van der Waals surface area (Å²) in [6, 6.07) is 8.24. The third-order valence-electron chi connectivity index (χ3n) is 4.25. The van der Waals surface area contributed by atoms with Gasteiger partial charge in [0.2, 0.25) is 5.91 Å². The molecule has 1 saturated carbocycles. The van der Waals surface area contributed by atoms with Crippen LogP contribution in [0, 0.1) is 5.92 Å². The Labute approximate surface area is 122 Å². The van der Waals surface area contributed by atoms with Gasteiger partial charge < -0.3 is 10.6 Å². The molecular weight excluding hydrogens is 248 g/mol. The second kappa shape index (κ2) is 7.44. The van der Waals surface area contributed by atoms with Gasteiger partial charge in [-0.25, -0.2) is 0 Å². The van der Waals surface area contributed by atoms with Crippen LogP contribution in [0.25, 0.3) is 0 Å². The number of rotatable bonds is 5. The van der Waals surface area contributed by atoms with E-state index in [1.165, 1.54) is 37.7 Å². The SMILES string of the molecule is CC(=O)N(Cc1cccc(CN)c1)CC1CCCCC1. The maximum Gasteiger partial charge on any atom is 0.219 e. The minimum Gasteiger partial charge on any atom is -0.338 e. The Morgan fingerprint density at radius 1 is 1.25 bits per heavy atom. The Bertz CT molecular complexity index is 438. The third kappa shape index (κ3) is 4.34. The van der Waals surface area contributed by atoms with Crippen LogP contribution in [0.2, 0.25) is 0 Å². The van der Waals surface area contributed by atoms with E-state index in [0.29, 0.717) is 19.0 Å². The average molecular weight is 274 g/mol. The molecule has 1 aromatic carbocycles. The van der Waals surface area contributed by atoms with E-state index >= 15 is 0 Å². The fourth-order valence-electron chi connectivity index (χ4n) is 3.06. The van der Waals surface area contributed by atoms with Gasteiger partial charge in [-0.1, -0.05) is 43.5 Å². The van der Waals surface area contributed by atoms with Crippen molar-refractivity contribution in [3.8, 4) is 0 Å². The molecule has 0 aliphatic heterocycles. The number of amides is 1. The minimum absolute atomic E-state index is 0.175. The van der Waals surface area contributed by atoms with Gasteiger partial charge in [-0.2, -0.15) is 0 Å². The van der Waals surface area contributed by atoms with Crippen LogP contribution in [0.5, 0.6) is 0 Å². The maximum absolute atomic E-state index is 11.9. The van der Waals surface area contributed by atoms with E-state index in [-0.39, 0.29) is 5.91 Å². The number of hydrogen-bond acceptors (Lipinski definition) is 2. The van der Waals surface area contributed by atoms with Crippen molar-refractivity contribution in [1.82, 2.24) is 4.90 Å². The van der Waals surface area contributed by atoms with Gasteiger partial charge in [0.15, 0.2) is 0 Å². The number of nitrogens with zero attached hydrogens (tertiary/aromatic N) is 1. The first kappa shape index (κ1) is 15.0. The van der Waals surface area contributed by atoms with Crippen molar-refractivity contribution >= 4 is 5.91 Å². The molecule has 0 aromatic heterocycles. The molecule has 0 heterocycles. The summed E-state index contributed by atoms with van der Waals surface area (Å²) >= 11 is 0. The van der Waals surface area contributed by atoms with Gasteiger partial charge in [0, 0.05) is 26.6 Å². The van der Waals surface area contributed by atoms with Crippen LogP contribution in [0.15, 0.2) is 24.3 Å². The summed E-state index contributed by atoms with van der Waals surface area (Å²) in [6.45, 7) is 3.84. The monoisotopic (exact) mass is 274 g/mol. The molecule has 1 aliphatic carbocycles. The second-order valence-electron chi connectivity index (χ2n) is 5.93. The Hall–Kier alpha value is -1.35. The van der Waals surface area contributed by atoms with Crippen molar-refractivity contribution in [3.05, 3.63) is 35.4 Å². The van der Waals surface area contributed by atoms with Crippen LogP contribution in [0.3, 0.4) is 0 Å². The van der Waals surface area contributed by atoms with Crippen LogP contribution in [-0.2, 0) is 17.9 Å². The predicted molar refractivity (Wildman–Crippen MR) is 82.0 cm³/mol. The summed E-state index contributed by atoms with van der Waals surface area (Å²) < 4.78 is 0. The molecule has 20 heavy (non-hydrogen) atoms. The van der Waals surface area contributed by atoms with Crippen LogP contribution >= 0.6 is 0 Å². The quantitative estimate of drug-likeness (QED) is 0.897. The van der Waals surface area contributed by atoms with E-state index < -0.39 is 0 Å². The van der Waals surface area contributed by atoms with Crippen molar-refractivity contribution < 1.29 is 4.79 Å². The van der Waals surface area contributed by atoms with Gasteiger partial charge >= 0.3 is 0 Å². The van der Waals surface area contributed by atoms with Gasteiger partial charge in [-0.3, -0.25) is 4.79 Å². The first-order valence-corrected chi connectivity index (χ1v) is 7.72. The smallest absolute Gasteiger partial charge is 0.219 e. The zero-order valence-corrected chi connectivity index (χ0v) is 12.5. The van der Waals surface area contributed by atoms with E-state index in [4.69, 9.17) is 5.73 Å². The average Bonchev–Trinajstić information content (AvgIpc) is 2.48. The Morgan fingerprint density at radius 2 is 1.95 bits per heavy atom. The standard InChI is InChI=1S/C17H26N2O/c1-14(20)19(12-15-6-3-2-4-7-15)13-17-9-5-8-16(10-17)11-18/h5,8-10,15H,2-4,6-7,11-13,18H2,1H3. The highest BCUT2D eigenvalue weighted by Gasteiger charge is 2.19. The van der Waals surface area contributed by atoms with E-state index in [1.54, 1.807) is 6.92 Å². The minimum atomic E-state index is 0.175. The van der Waals surface area contributed by atoms with Crippen LogP contribution in [0.4, 0.5) is 0 Å². The summed E-state index contributed by atoms with van der Waals surface area (Å²) in [5, 5.41) is 0. The highest BCUT2D eigenvalue weighted by atomic mass is 16.2. The maximum atomic E-state index is 11.9. The summed E-state index contributed by atoms with van der Waals surface area (Å²) in [5.41, 5.74) is 7.99. The van der Waals surface area contributed by atoms with Crippen LogP contribution in [0.1, 0.15) is 50.2 Å². The summed E-state index contributed by atoms with van der Waals surface area (Å²) in [5.74, 6) is 0.860. The fraction of sp³-hybridized carbons (Fsp3) is 0.588. The van der Waals surface area contributed by atoms with Crippen molar-refractivity contribution in [1.29, 1.82) is 0 Å². The normalized spacial score (nSPS) is 16.1. The van der Waals surface area contributed by atoms with Gasteiger partial charge in [-0.15, -0.1) is 0 Å². The van der Waals surface area contributed by atoms with Gasteiger partial charge in [0.25, 0.3) is 0 Å². The molecule has 1 amide bonds. The van der Waals surface area contributed by atoms with Crippen molar-refractivity contribution in [2.24, 2.45) is 11.7 Å². The Kier molecular flexibility index (Phi) is 5.60. The van der Waals surface area contributed by atoms with Crippen molar-refractivity contribution in [2.75, 3.05) is 6.54 Å². The highest BCUT2D eigenvalue weighted by molar-refractivity contribution is 5.73. The number of nitrogens with two attached hydrogens (primary N) is 1. The lowest BCUT2D eigenvalue weighted by Crippen LogP contribution is -2.34. The number of carbonyl (C=O) groups is 1. The van der Waals surface area contributed by atoms with E-state index in [0.717, 1.165) is 12.1 Å². The second-order valence-corrected chi connectivity index (χ2v) is 5.93. The fourth-order valence-corrected chi connectivity index (χ4v) is 3.06. The number of hydrogen-bond donors (Lipinski definition) is 1. The molecule has 0 spiro atoms. The van der Waals surface area contributed by atoms with Gasteiger partial charge in [-0.05, 0) is 29.9 Å². The molecule has 0 radical (unpaired) electrons. The molecule has 2 rings (SSSR count). The molecule has 0 atom stereocenters. The Morgan fingerprint density at radius 3 is 2.60 bits per heavy atom. The van der Waals surface area contributed by atoms with Gasteiger partial charge in [0.1, 0.15) is 0 Å². The molecule has 1 fully saturated rings. The molecule has 1 aliphatic rings. The summed E-state index contributed by atoms with van der Waals surface area (Å²) in [6.07, 6.45) is 6.53. The topological polar surface area (TPSA) is 46.3 Å². The molecule has 0 bridgehead atoms. The number of carbonyl (C=O) groups excluding carboxylic acids is 1.